The van der Waals surface area contributed by atoms with Crippen molar-refractivity contribution in [3.8, 4) is 5.75 Å². The zero-order chi connectivity index (χ0) is 20.7. The Labute approximate surface area is 166 Å². The van der Waals surface area contributed by atoms with Crippen LogP contribution in [0, 0.1) is 0 Å². The summed E-state index contributed by atoms with van der Waals surface area (Å²) in [6, 6.07) is 12.2. The molecular formula is C22H20N2O5. The van der Waals surface area contributed by atoms with Crippen molar-refractivity contribution in [2.75, 3.05) is 13.7 Å². The molecule has 1 unspecified atom stereocenters. The van der Waals surface area contributed by atoms with Gasteiger partial charge in [0.1, 0.15) is 5.75 Å². The average Bonchev–Trinajstić information content (AvgIpc) is 3.21. The molecule has 0 saturated carbocycles. The molecule has 7 nitrogen and oxygen atoms in total. The van der Waals surface area contributed by atoms with Gasteiger partial charge in [0.2, 0.25) is 0 Å². The highest BCUT2D eigenvalue weighted by Gasteiger charge is 2.35. The standard InChI is InChI=1S/C22H20N2O5/c1-12(22(27)28)19-14(17-11-13(29-2)7-8-18(17)23-19)9-10-24-20(25)15-5-3-4-6-16(15)21(24)26/h3-8,11-12,23H,9-10H2,1-2H3,(H,27,28). The number of ether oxygens (including phenoxy) is 1. The summed E-state index contributed by atoms with van der Waals surface area (Å²) in [7, 11) is 1.56. The molecule has 2 aromatic carbocycles. The lowest BCUT2D eigenvalue weighted by Crippen LogP contribution is -2.32. The van der Waals surface area contributed by atoms with Crippen molar-refractivity contribution in [2.24, 2.45) is 0 Å². The minimum atomic E-state index is -0.953. The number of aliphatic carboxylic acids is 1. The molecule has 2 heterocycles. The number of nitrogens with zero attached hydrogens (tertiary/aromatic N) is 1. The van der Waals surface area contributed by atoms with Crippen LogP contribution in [0.4, 0.5) is 0 Å². The van der Waals surface area contributed by atoms with Crippen LogP contribution in [0.1, 0.15) is 44.8 Å². The van der Waals surface area contributed by atoms with E-state index in [1.807, 2.05) is 12.1 Å². The van der Waals surface area contributed by atoms with Gasteiger partial charge in [-0.15, -0.1) is 0 Å². The zero-order valence-electron chi connectivity index (χ0n) is 16.1. The number of amides is 2. The molecule has 3 aromatic rings. The molecule has 0 fully saturated rings. The van der Waals surface area contributed by atoms with E-state index in [0.29, 0.717) is 29.0 Å². The number of hydrogen-bond acceptors (Lipinski definition) is 4. The van der Waals surface area contributed by atoms with Gasteiger partial charge >= 0.3 is 5.97 Å². The van der Waals surface area contributed by atoms with Gasteiger partial charge in [-0.2, -0.15) is 0 Å². The fourth-order valence-corrected chi connectivity index (χ4v) is 3.80. The molecule has 2 N–H and O–H groups in total. The highest BCUT2D eigenvalue weighted by atomic mass is 16.5. The number of hydrogen-bond donors (Lipinski definition) is 2. The van der Waals surface area contributed by atoms with E-state index < -0.39 is 11.9 Å². The first kappa shape index (κ1) is 18.7. The predicted octanol–water partition coefficient (Wildman–Crippen LogP) is 3.20. The molecule has 2 amide bonds. The van der Waals surface area contributed by atoms with Gasteiger partial charge in [0.05, 0.1) is 24.2 Å². The lowest BCUT2D eigenvalue weighted by Gasteiger charge is -2.15. The van der Waals surface area contributed by atoms with Crippen molar-refractivity contribution in [3.63, 3.8) is 0 Å². The van der Waals surface area contributed by atoms with Crippen molar-refractivity contribution >= 4 is 28.7 Å². The number of carbonyl (C=O) groups excluding carboxylic acids is 2. The first-order chi connectivity index (χ1) is 13.9. The second-order valence-corrected chi connectivity index (χ2v) is 7.05. The second-order valence-electron chi connectivity index (χ2n) is 7.05. The summed E-state index contributed by atoms with van der Waals surface area (Å²) >= 11 is 0. The normalized spacial score (nSPS) is 14.3. The van der Waals surface area contributed by atoms with Gasteiger partial charge in [-0.25, -0.2) is 0 Å². The molecule has 29 heavy (non-hydrogen) atoms. The molecule has 148 valence electrons. The lowest BCUT2D eigenvalue weighted by atomic mass is 9.99. The van der Waals surface area contributed by atoms with E-state index in [0.717, 1.165) is 16.5 Å². The van der Waals surface area contributed by atoms with E-state index in [2.05, 4.69) is 4.98 Å². The van der Waals surface area contributed by atoms with Gasteiger partial charge in [0.15, 0.2) is 0 Å². The van der Waals surface area contributed by atoms with E-state index in [1.54, 1.807) is 44.4 Å². The number of carboxylic acid groups (broad SMARTS) is 1. The van der Waals surface area contributed by atoms with Crippen LogP contribution in [0.15, 0.2) is 42.5 Å². The van der Waals surface area contributed by atoms with Crippen LogP contribution < -0.4 is 4.74 Å². The number of fused-ring (bicyclic) bond motifs is 2. The molecule has 0 saturated heterocycles. The molecule has 1 aliphatic rings. The van der Waals surface area contributed by atoms with Crippen LogP contribution in [-0.2, 0) is 11.2 Å². The molecule has 1 aliphatic heterocycles. The molecule has 1 aromatic heterocycles. The third kappa shape index (κ3) is 3.04. The average molecular weight is 392 g/mol. The van der Waals surface area contributed by atoms with E-state index in [9.17, 15) is 19.5 Å². The minimum Gasteiger partial charge on any atom is -0.497 e. The fraction of sp³-hybridized carbons (Fsp3) is 0.227. The number of carboxylic acids is 1. The van der Waals surface area contributed by atoms with Crippen LogP contribution >= 0.6 is 0 Å². The smallest absolute Gasteiger partial charge is 0.312 e. The Morgan fingerprint density at radius 2 is 1.79 bits per heavy atom. The van der Waals surface area contributed by atoms with Crippen molar-refractivity contribution in [1.82, 2.24) is 9.88 Å². The Bertz CT molecular complexity index is 1110. The Kier molecular flexibility index (Phi) is 4.58. The van der Waals surface area contributed by atoms with Crippen molar-refractivity contribution in [3.05, 3.63) is 64.8 Å². The Morgan fingerprint density at radius 1 is 1.14 bits per heavy atom. The molecule has 0 aliphatic carbocycles. The Morgan fingerprint density at radius 3 is 2.38 bits per heavy atom. The summed E-state index contributed by atoms with van der Waals surface area (Å²) in [5, 5.41) is 10.3. The SMILES string of the molecule is COc1ccc2[nH]c(C(C)C(=O)O)c(CCN3C(=O)c4ccccc4C3=O)c2c1. The highest BCUT2D eigenvalue weighted by Crippen LogP contribution is 2.32. The summed E-state index contributed by atoms with van der Waals surface area (Å²) in [6.45, 7) is 1.77. The van der Waals surface area contributed by atoms with Crippen LogP contribution in [0.5, 0.6) is 5.75 Å². The van der Waals surface area contributed by atoms with E-state index in [4.69, 9.17) is 4.74 Å². The van der Waals surface area contributed by atoms with Crippen LogP contribution in [-0.4, -0.2) is 46.4 Å². The van der Waals surface area contributed by atoms with Gasteiger partial charge in [-0.3, -0.25) is 19.3 Å². The van der Waals surface area contributed by atoms with Crippen LogP contribution in [0.2, 0.25) is 0 Å². The summed E-state index contributed by atoms with van der Waals surface area (Å²) in [5.74, 6) is -1.71. The van der Waals surface area contributed by atoms with Crippen LogP contribution in [0.3, 0.4) is 0 Å². The summed E-state index contributed by atoms with van der Waals surface area (Å²) in [6.07, 6.45) is 0.339. The number of methoxy groups -OCH3 is 1. The first-order valence-electron chi connectivity index (χ1n) is 9.29. The third-order valence-electron chi connectivity index (χ3n) is 5.41. The van der Waals surface area contributed by atoms with Crippen molar-refractivity contribution in [2.45, 2.75) is 19.3 Å². The van der Waals surface area contributed by atoms with Crippen molar-refractivity contribution < 1.29 is 24.2 Å². The maximum absolute atomic E-state index is 12.6. The van der Waals surface area contributed by atoms with Gasteiger partial charge in [-0.05, 0) is 49.2 Å². The van der Waals surface area contributed by atoms with Crippen LogP contribution in [0.25, 0.3) is 10.9 Å². The second kappa shape index (κ2) is 7.09. The quantitative estimate of drug-likeness (QED) is 0.628. The Hall–Kier alpha value is -3.61. The molecular weight excluding hydrogens is 372 g/mol. The molecule has 1 atom stereocenters. The van der Waals surface area contributed by atoms with Gasteiger partial charge in [-0.1, -0.05) is 12.1 Å². The Balaban J connectivity index is 1.70. The van der Waals surface area contributed by atoms with E-state index in [-0.39, 0.29) is 18.4 Å². The molecule has 0 spiro atoms. The molecule has 4 rings (SSSR count). The number of aromatic nitrogens is 1. The van der Waals surface area contributed by atoms with Gasteiger partial charge < -0.3 is 14.8 Å². The number of aromatic amines is 1. The fourth-order valence-electron chi connectivity index (χ4n) is 3.80. The number of H-pyrrole nitrogens is 1. The maximum Gasteiger partial charge on any atom is 0.312 e. The zero-order valence-corrected chi connectivity index (χ0v) is 16.1. The highest BCUT2D eigenvalue weighted by molar-refractivity contribution is 6.21. The lowest BCUT2D eigenvalue weighted by molar-refractivity contribution is -0.138. The monoisotopic (exact) mass is 392 g/mol. The number of benzene rings is 2. The summed E-state index contributed by atoms with van der Waals surface area (Å²) in [4.78, 5) is 41.3. The summed E-state index contributed by atoms with van der Waals surface area (Å²) in [5.41, 5.74) is 2.92. The first-order valence-corrected chi connectivity index (χ1v) is 9.29. The number of imide groups is 1. The molecule has 0 radical (unpaired) electrons. The van der Waals surface area contributed by atoms with E-state index >= 15 is 0 Å². The van der Waals surface area contributed by atoms with Gasteiger partial charge in [0, 0.05) is 23.1 Å². The van der Waals surface area contributed by atoms with Crippen molar-refractivity contribution in [1.29, 1.82) is 0 Å². The largest absolute Gasteiger partial charge is 0.497 e. The summed E-state index contributed by atoms with van der Waals surface area (Å²) < 4.78 is 5.30. The van der Waals surface area contributed by atoms with E-state index in [1.165, 1.54) is 4.90 Å². The number of rotatable bonds is 6. The number of carbonyl (C=O) groups is 3. The maximum atomic E-state index is 12.6. The molecule has 7 heteroatoms. The third-order valence-corrected chi connectivity index (χ3v) is 5.41. The minimum absolute atomic E-state index is 0.163. The topological polar surface area (TPSA) is 99.7 Å². The van der Waals surface area contributed by atoms with Gasteiger partial charge in [0.25, 0.3) is 11.8 Å². The molecule has 0 bridgehead atoms. The number of nitrogens with one attached hydrogen (secondary N) is 1. The predicted molar refractivity (Wildman–Crippen MR) is 106 cm³/mol.